The second-order valence-electron chi connectivity index (χ2n) is 36.0. The van der Waals surface area contributed by atoms with Gasteiger partial charge in [0.2, 0.25) is 0 Å². The van der Waals surface area contributed by atoms with Gasteiger partial charge in [0, 0.05) is 51.4 Å². The molecule has 752 valence electrons. The van der Waals surface area contributed by atoms with Gasteiger partial charge in [-0.3, -0.25) is 57.5 Å². The molecule has 3 N–H and O–H groups in total. The number of aliphatic hydroxyl groups is 1. The van der Waals surface area contributed by atoms with Gasteiger partial charge >= 0.3 is 47.8 Å². The third kappa shape index (κ3) is 30.9. The maximum Gasteiger partial charge on any atom is 0.311 e. The molecule has 0 aromatic heterocycles. The van der Waals surface area contributed by atoms with E-state index in [1.807, 2.05) is 27.7 Å². The Morgan fingerprint density at radius 3 is 0.768 bits per heavy atom. The van der Waals surface area contributed by atoms with Crippen molar-refractivity contribution in [2.75, 3.05) is 48.3 Å². The molecule has 0 saturated carbocycles. The van der Waals surface area contributed by atoms with E-state index >= 15 is 0 Å². The van der Waals surface area contributed by atoms with Crippen LogP contribution in [0.15, 0.2) is 97.1 Å². The molecular formula is C98H120O40. The third-order valence-corrected chi connectivity index (χ3v) is 22.0. The van der Waals surface area contributed by atoms with E-state index in [2.05, 4.69) is 0 Å². The fourth-order valence-corrected chi connectivity index (χ4v) is 16.0. The van der Waals surface area contributed by atoms with Crippen molar-refractivity contribution in [3.63, 3.8) is 0 Å². The first-order valence-corrected chi connectivity index (χ1v) is 45.0. The van der Waals surface area contributed by atoms with Crippen molar-refractivity contribution in [3.8, 4) is 46.0 Å². The Morgan fingerprint density at radius 1 is 0.290 bits per heavy atom. The zero-order valence-corrected chi connectivity index (χ0v) is 79.7. The number of allylic oxidation sites excluding steroid dienone is 4. The van der Waals surface area contributed by atoms with Crippen molar-refractivity contribution in [1.82, 2.24) is 0 Å². The summed E-state index contributed by atoms with van der Waals surface area (Å²) in [6, 6.07) is 18.5. The van der Waals surface area contributed by atoms with Crippen LogP contribution < -0.4 is 37.9 Å². The van der Waals surface area contributed by atoms with E-state index in [1.54, 1.807) is 91.8 Å². The summed E-state index contributed by atoms with van der Waals surface area (Å²) in [7, 11) is 5.54. The molecule has 0 spiro atoms. The van der Waals surface area contributed by atoms with Crippen molar-refractivity contribution >= 4 is 95.2 Å². The second kappa shape index (κ2) is 47.2. The van der Waals surface area contributed by atoms with Crippen molar-refractivity contribution in [1.29, 1.82) is 0 Å². The summed E-state index contributed by atoms with van der Waals surface area (Å²) in [5, 5.41) is 26.7. The monoisotopic (exact) mass is 1940 g/mol. The molecule has 9 fully saturated rings. The first-order chi connectivity index (χ1) is 65.2. The van der Waals surface area contributed by atoms with Gasteiger partial charge < -0.3 is 134 Å². The molecular weight excluding hydrogens is 1820 g/mol. The summed E-state index contributed by atoms with van der Waals surface area (Å²) in [4.78, 5) is 146. The Morgan fingerprint density at radius 2 is 0.514 bits per heavy atom. The highest BCUT2D eigenvalue weighted by molar-refractivity contribution is 6.12. The molecule has 9 aliphatic rings. The fourth-order valence-electron chi connectivity index (χ4n) is 16.0. The number of carboxylic acids is 2. The highest BCUT2D eigenvalue weighted by Gasteiger charge is 2.64. The van der Waals surface area contributed by atoms with Gasteiger partial charge in [-0.05, 0) is 204 Å². The minimum atomic E-state index is -1.00. The average Bonchev–Trinajstić information content (AvgIpc) is 1.60. The van der Waals surface area contributed by atoms with Crippen molar-refractivity contribution in [2.24, 2.45) is 0 Å². The smallest absolute Gasteiger partial charge is 0.311 e. The summed E-state index contributed by atoms with van der Waals surface area (Å²) in [5.41, 5.74) is 2.17. The van der Waals surface area contributed by atoms with E-state index in [9.17, 15) is 62.6 Å². The molecule has 0 amide bonds. The van der Waals surface area contributed by atoms with Gasteiger partial charge in [0.15, 0.2) is 123 Å². The lowest BCUT2D eigenvalue weighted by atomic mass is 9.99. The van der Waals surface area contributed by atoms with Crippen molar-refractivity contribution < 1.29 is 191 Å². The van der Waals surface area contributed by atoms with Crippen molar-refractivity contribution in [2.45, 2.75) is 300 Å². The molecule has 40 heteroatoms. The minimum absolute atomic E-state index is 0.0576. The van der Waals surface area contributed by atoms with Gasteiger partial charge in [-0.1, -0.05) is 48.6 Å². The van der Waals surface area contributed by atoms with Gasteiger partial charge in [0.05, 0.1) is 47.9 Å². The number of carbonyl (C=O) groups is 12. The van der Waals surface area contributed by atoms with Crippen LogP contribution in [-0.2, 0) is 138 Å². The Kier molecular flexibility index (Phi) is 36.7. The number of carboxylic acid groups (broad SMARTS) is 2. The quantitative estimate of drug-likeness (QED) is 0.0161. The lowest BCUT2D eigenvalue weighted by Crippen LogP contribution is -2.56. The topological polar surface area (TPSA) is 496 Å². The lowest BCUT2D eigenvalue weighted by molar-refractivity contribution is -0.242. The van der Waals surface area contributed by atoms with Crippen LogP contribution in [0.5, 0.6) is 46.0 Å². The molecule has 9 saturated heterocycles. The first kappa shape index (κ1) is 107. The third-order valence-electron chi connectivity index (χ3n) is 22.0. The summed E-state index contributed by atoms with van der Waals surface area (Å²) < 4.78 is 143. The first-order valence-electron chi connectivity index (χ1n) is 45.0. The van der Waals surface area contributed by atoms with Gasteiger partial charge in [0.1, 0.15) is 86.5 Å². The number of ketones is 4. The van der Waals surface area contributed by atoms with Crippen LogP contribution in [0.4, 0.5) is 0 Å². The van der Waals surface area contributed by atoms with E-state index in [4.69, 9.17) is 129 Å². The fraction of sp³-hybridized carbons (Fsp3) is 0.551. The number of benzene rings is 4. The predicted octanol–water partition coefficient (Wildman–Crippen LogP) is 10.6. The molecule has 4 aromatic rings. The normalized spacial score (nSPS) is 25.9. The van der Waals surface area contributed by atoms with E-state index in [1.165, 1.54) is 113 Å². The Balaban J connectivity index is 0.000000248. The zero-order valence-electron chi connectivity index (χ0n) is 79.7. The van der Waals surface area contributed by atoms with Crippen LogP contribution in [0, 0.1) is 0 Å². The van der Waals surface area contributed by atoms with Crippen LogP contribution >= 0.6 is 0 Å². The zero-order chi connectivity index (χ0) is 100. The molecule has 138 heavy (non-hydrogen) atoms. The molecule has 9 heterocycles. The standard InChI is InChI=1S/C55H68O22.C31H32O12.C12H20O6/c1-52(2)70-44-38(68-50-48(46(44)72-52)74-54(5,6)76-50)28-64-40(58)13-11-15-42(60)66-34-23-19-30(25-36(34)62-9)17-21-32(56)27-33(57)22-18-31-20-24-35(37(26-31)63-10)67-43(61)16-12-14-41(59)65-29-39-45-47(73-53(3,4)71-45)49-51(69-39)77-55(7,8)75-49;1-40-26-17-20(11-15-24(26)42-30(38)7-3-5-28(34)35)9-13-22(32)19-23(33)14-10-21-12-16-25(27(18-21)41-2)43-31(39)8-4-6-29(36)37;1-11(2)15-7-6(5-13)14-10-9(8(7)16-11)17-12(3,4)18-10/h17-26,38-39,44-51H,11-16,27-29H2,1-10H3;9-18H,3-8,19H2,1-2H3,(H,34,35)(H,36,37);6-10,13H,5H2,1-4H3/b21-17+,22-18+;13-9+,14-10+;/t38-,39-,44+,45+,46+,47+,48-,49-,50-,51-;;6-,7+,8+,9-,10-/m1.1/s1. The average molecular weight is 1940 g/mol. The van der Waals surface area contributed by atoms with Crippen LogP contribution in [-0.4, -0.2) is 261 Å². The minimum Gasteiger partial charge on any atom is -0.493 e. The molecule has 0 unspecified atom stereocenters. The molecule has 0 bridgehead atoms. The van der Waals surface area contributed by atoms with Gasteiger partial charge in [-0.2, -0.15) is 0 Å². The molecule has 13 rings (SSSR count). The van der Waals surface area contributed by atoms with Crippen molar-refractivity contribution in [3.05, 3.63) is 119 Å². The summed E-state index contributed by atoms with van der Waals surface area (Å²) in [6.07, 6.45) is 2.18. The molecule has 40 nitrogen and oxygen atoms in total. The SMILES string of the molecule is CC1(C)O[C@H]2[C@@H](O1)[C@@H](CO)O[C@@H]1OC(C)(C)O[C@@H]12.COc1cc(/C=C/C(=O)CC(=O)/C=C/c2ccc(OC(=O)CCCC(=O)O)c(OC)c2)ccc1OC(=O)CCCC(=O)O.COc1cc(/C=C/C(=O)CC(=O)/C=C/c2ccc(OC(=O)CCCC(=O)OC[C@H]3O[C@@H]4OC(C)(C)O[C@@H]4[C@H]4OC(C)(C)O[C@H]43)c(OC)c2)ccc1OC(=O)CCCC(=O)OC[C@H]1O[C@@H]2OC(C)(C)O[C@@H]2[C@H]2OC(C)(C)O[C@H]21. The maximum atomic E-state index is 12.8. The number of aliphatic carboxylic acids is 2. The van der Waals surface area contributed by atoms with Crippen LogP contribution in [0.3, 0.4) is 0 Å². The Bertz CT molecular complexity index is 4890. The van der Waals surface area contributed by atoms with Gasteiger partial charge in [0.25, 0.3) is 0 Å². The molecule has 0 aliphatic carbocycles. The van der Waals surface area contributed by atoms with Gasteiger partial charge in [-0.25, -0.2) is 0 Å². The number of ether oxygens (including phenoxy) is 25. The molecule has 9 aliphatic heterocycles. The number of rotatable bonds is 41. The van der Waals surface area contributed by atoms with Gasteiger partial charge in [-0.15, -0.1) is 0 Å². The number of aliphatic hydroxyl groups excluding tert-OH is 1. The van der Waals surface area contributed by atoms with E-state index < -0.39 is 186 Å². The summed E-state index contributed by atoms with van der Waals surface area (Å²) in [5.74, 6) is -10.9. The maximum absolute atomic E-state index is 12.8. The summed E-state index contributed by atoms with van der Waals surface area (Å²) >= 11 is 0. The largest absolute Gasteiger partial charge is 0.493 e. The molecule has 4 aromatic carbocycles. The van der Waals surface area contributed by atoms with Crippen LogP contribution in [0.2, 0.25) is 0 Å². The lowest BCUT2D eigenvalue weighted by Gasteiger charge is -2.36. The number of fused-ring (bicyclic) bond motifs is 9. The second-order valence-corrected chi connectivity index (χ2v) is 36.0. The van der Waals surface area contributed by atoms with Crippen LogP contribution in [0.25, 0.3) is 24.3 Å². The number of carbonyl (C=O) groups excluding carboxylic acids is 10. The Labute approximate surface area is 796 Å². The predicted molar refractivity (Wildman–Crippen MR) is 477 cm³/mol. The highest BCUT2D eigenvalue weighted by atomic mass is 16.9. The molecule has 0 radical (unpaired) electrons. The number of esters is 6. The van der Waals surface area contributed by atoms with E-state index in [-0.39, 0.29) is 168 Å². The van der Waals surface area contributed by atoms with Crippen LogP contribution in [0.1, 0.15) is 195 Å². The summed E-state index contributed by atoms with van der Waals surface area (Å²) in [6.45, 7) is 21.2. The number of methoxy groups -OCH3 is 4. The Hall–Kier alpha value is -11.2. The van der Waals surface area contributed by atoms with E-state index in [0.717, 1.165) is 0 Å². The number of hydrogen-bond donors (Lipinski definition) is 3. The molecule has 15 atom stereocenters. The van der Waals surface area contributed by atoms with E-state index in [0.29, 0.717) is 22.3 Å². The highest BCUT2D eigenvalue weighted by Crippen LogP contribution is 2.49. The number of hydrogen-bond acceptors (Lipinski definition) is 38.